The van der Waals surface area contributed by atoms with E-state index in [1.807, 2.05) is 39.8 Å². The Hall–Kier alpha value is -3.11. The van der Waals surface area contributed by atoms with Crippen molar-refractivity contribution in [2.75, 3.05) is 38.1 Å². The lowest BCUT2D eigenvalue weighted by atomic mass is 9.96. The molecule has 0 unspecified atom stereocenters. The van der Waals surface area contributed by atoms with E-state index in [9.17, 15) is 9.59 Å². The molecule has 0 bridgehead atoms. The predicted molar refractivity (Wildman–Crippen MR) is 175 cm³/mol. The fourth-order valence-corrected chi connectivity index (χ4v) is 6.63. The van der Waals surface area contributed by atoms with Crippen molar-refractivity contribution in [2.45, 2.75) is 59.6 Å². The van der Waals surface area contributed by atoms with Gasteiger partial charge in [-0.25, -0.2) is 9.59 Å². The number of rotatable bonds is 5. The Morgan fingerprint density at radius 2 is 1.45 bits per heavy atom. The van der Waals surface area contributed by atoms with Crippen LogP contribution in [0.25, 0.3) is 11.1 Å². The van der Waals surface area contributed by atoms with Crippen LogP contribution in [-0.2, 0) is 16.0 Å². The lowest BCUT2D eigenvalue weighted by Gasteiger charge is -2.36. The van der Waals surface area contributed by atoms with E-state index < -0.39 is 11.7 Å². The number of benzene rings is 3. The fourth-order valence-electron chi connectivity index (χ4n) is 6.04. The number of hydrogen-bond donors (Lipinski definition) is 1. The van der Waals surface area contributed by atoms with Gasteiger partial charge in [-0.05, 0) is 109 Å². The Balaban J connectivity index is 1.26. The largest absolute Gasteiger partial charge is 0.448 e. The van der Waals surface area contributed by atoms with Crippen molar-refractivity contribution in [3.63, 3.8) is 0 Å². The van der Waals surface area contributed by atoms with Gasteiger partial charge in [0.1, 0.15) is 12.2 Å². The van der Waals surface area contributed by atoms with Crippen LogP contribution in [0.2, 0.25) is 0 Å². The van der Waals surface area contributed by atoms with Crippen molar-refractivity contribution in [2.24, 2.45) is 0 Å². The molecule has 7 nitrogen and oxygen atoms in total. The van der Waals surface area contributed by atoms with Crippen LogP contribution in [0.15, 0.2) is 48.5 Å². The maximum absolute atomic E-state index is 13.2. The fraction of sp³-hybridized carbons (Fsp3) is 0.412. The second-order valence-electron chi connectivity index (χ2n) is 12.2. The van der Waals surface area contributed by atoms with Crippen molar-refractivity contribution < 1.29 is 19.1 Å². The highest BCUT2D eigenvalue weighted by atomic mass is 127. The van der Waals surface area contributed by atoms with E-state index in [0.717, 1.165) is 40.0 Å². The smallest absolute Gasteiger partial charge is 0.411 e. The Kier molecular flexibility index (Phi) is 8.85. The van der Waals surface area contributed by atoms with E-state index in [1.54, 1.807) is 4.90 Å². The first-order valence-corrected chi connectivity index (χ1v) is 15.6. The quantitative estimate of drug-likeness (QED) is 0.281. The second kappa shape index (κ2) is 12.2. The Morgan fingerprint density at radius 1 is 0.881 bits per heavy atom. The number of nitrogens with one attached hydrogen (secondary N) is 1. The zero-order valence-corrected chi connectivity index (χ0v) is 27.5. The van der Waals surface area contributed by atoms with Gasteiger partial charge in [-0.1, -0.05) is 48.5 Å². The van der Waals surface area contributed by atoms with Gasteiger partial charge in [-0.3, -0.25) is 10.2 Å². The summed E-state index contributed by atoms with van der Waals surface area (Å²) < 4.78 is 12.6. The summed E-state index contributed by atoms with van der Waals surface area (Å²) in [4.78, 5) is 29.8. The molecule has 3 aromatic rings. The van der Waals surface area contributed by atoms with Crippen molar-refractivity contribution >= 4 is 40.5 Å². The highest BCUT2D eigenvalue weighted by molar-refractivity contribution is 14.1. The van der Waals surface area contributed by atoms with Gasteiger partial charge < -0.3 is 14.4 Å². The van der Waals surface area contributed by atoms with E-state index in [-0.39, 0.29) is 18.6 Å². The molecular weight excluding hydrogens is 641 g/mol. The van der Waals surface area contributed by atoms with Crippen molar-refractivity contribution in [3.8, 4) is 11.1 Å². The standard InChI is InChI=1S/C34H40IN3O4/c1-21-28(19-37-15-17-38(18-16-37)33(40)42-34(4,5)6)22(2)31(23(3)30(21)35)36-32(39)41-20-29-26-13-9-7-11-24(26)25-12-8-10-14-27(25)29/h7-14,29H,15-20H2,1-6H3,(H,36,39). The van der Waals surface area contributed by atoms with Gasteiger partial charge in [0.15, 0.2) is 0 Å². The molecule has 0 radical (unpaired) electrons. The molecule has 0 atom stereocenters. The molecule has 1 saturated heterocycles. The number of fused-ring (bicyclic) bond motifs is 3. The number of ether oxygens (including phenoxy) is 2. The van der Waals surface area contributed by atoms with E-state index in [2.05, 4.69) is 83.1 Å². The third kappa shape index (κ3) is 6.29. The molecule has 1 fully saturated rings. The molecule has 2 amide bonds. The summed E-state index contributed by atoms with van der Waals surface area (Å²) >= 11 is 2.37. The van der Waals surface area contributed by atoms with E-state index in [1.165, 1.54) is 33.4 Å². The van der Waals surface area contributed by atoms with Crippen LogP contribution >= 0.6 is 22.6 Å². The second-order valence-corrected chi connectivity index (χ2v) is 13.3. The first-order chi connectivity index (χ1) is 19.9. The molecule has 1 aliphatic heterocycles. The minimum absolute atomic E-state index is 0.0124. The van der Waals surface area contributed by atoms with Gasteiger partial charge in [-0.15, -0.1) is 0 Å². The Bertz CT molecular complexity index is 1460. The molecule has 1 N–H and O–H groups in total. The van der Waals surface area contributed by atoms with E-state index in [4.69, 9.17) is 9.47 Å². The molecule has 1 aliphatic carbocycles. The molecule has 2 aliphatic rings. The first-order valence-electron chi connectivity index (χ1n) is 14.5. The van der Waals surface area contributed by atoms with Crippen molar-refractivity contribution in [3.05, 3.63) is 85.5 Å². The molecule has 0 saturated carbocycles. The molecule has 0 spiro atoms. The highest BCUT2D eigenvalue weighted by Crippen LogP contribution is 2.44. The van der Waals surface area contributed by atoms with Crippen LogP contribution in [0.5, 0.6) is 0 Å². The summed E-state index contributed by atoms with van der Waals surface area (Å²) in [6.45, 7) is 15.7. The first kappa shape index (κ1) is 30.4. The van der Waals surface area contributed by atoms with Crippen LogP contribution < -0.4 is 5.32 Å². The third-order valence-electron chi connectivity index (χ3n) is 8.29. The van der Waals surface area contributed by atoms with E-state index >= 15 is 0 Å². The lowest BCUT2D eigenvalue weighted by molar-refractivity contribution is 0.0138. The number of amides is 2. The van der Waals surface area contributed by atoms with Gasteiger partial charge in [0.2, 0.25) is 0 Å². The number of carbonyl (C=O) groups excluding carboxylic acids is 2. The number of nitrogens with zero attached hydrogens (tertiary/aromatic N) is 2. The predicted octanol–water partition coefficient (Wildman–Crippen LogP) is 7.63. The average molecular weight is 682 g/mol. The topological polar surface area (TPSA) is 71.1 Å². The van der Waals surface area contributed by atoms with Crippen molar-refractivity contribution in [1.82, 2.24) is 9.80 Å². The number of hydrogen-bond acceptors (Lipinski definition) is 5. The van der Waals surface area contributed by atoms with Crippen LogP contribution in [0.1, 0.15) is 60.1 Å². The van der Waals surface area contributed by atoms with Gasteiger partial charge in [-0.2, -0.15) is 0 Å². The van der Waals surface area contributed by atoms with Crippen molar-refractivity contribution in [1.29, 1.82) is 0 Å². The zero-order valence-electron chi connectivity index (χ0n) is 25.3. The lowest BCUT2D eigenvalue weighted by Crippen LogP contribution is -2.49. The summed E-state index contributed by atoms with van der Waals surface area (Å²) in [5, 5.41) is 3.09. The van der Waals surface area contributed by atoms with Crippen LogP contribution in [-0.4, -0.2) is 60.4 Å². The Labute approximate surface area is 262 Å². The molecule has 0 aromatic heterocycles. The molecule has 5 rings (SSSR count). The Morgan fingerprint density at radius 3 is 2.02 bits per heavy atom. The normalized spacial score (nSPS) is 15.3. The highest BCUT2D eigenvalue weighted by Gasteiger charge is 2.30. The van der Waals surface area contributed by atoms with E-state index in [0.29, 0.717) is 13.1 Å². The number of halogens is 1. The van der Waals surface area contributed by atoms with Gasteiger partial charge >= 0.3 is 12.2 Å². The third-order valence-corrected chi connectivity index (χ3v) is 9.91. The molecule has 222 valence electrons. The molecule has 1 heterocycles. The monoisotopic (exact) mass is 681 g/mol. The summed E-state index contributed by atoms with van der Waals surface area (Å²) in [6.07, 6.45) is -0.700. The molecular formula is C34H40IN3O4. The van der Waals surface area contributed by atoms with Gasteiger partial charge in [0.05, 0.1) is 5.69 Å². The maximum Gasteiger partial charge on any atom is 0.411 e. The number of piperazine rings is 1. The maximum atomic E-state index is 13.2. The van der Waals surface area contributed by atoms with Crippen LogP contribution in [0.4, 0.5) is 15.3 Å². The molecule has 8 heteroatoms. The van der Waals surface area contributed by atoms with Crippen LogP contribution in [0.3, 0.4) is 0 Å². The minimum Gasteiger partial charge on any atom is -0.448 e. The van der Waals surface area contributed by atoms with Gasteiger partial charge in [0.25, 0.3) is 0 Å². The zero-order chi connectivity index (χ0) is 30.2. The molecule has 42 heavy (non-hydrogen) atoms. The summed E-state index contributed by atoms with van der Waals surface area (Å²) in [5.41, 5.74) is 9.61. The SMILES string of the molecule is Cc1c(I)c(C)c(NC(=O)OCC2c3ccccc3-c3ccccc32)c(C)c1CN1CCN(C(=O)OC(C)(C)C)CC1. The summed E-state index contributed by atoms with van der Waals surface area (Å²) in [5.74, 6) is 0.0124. The summed E-state index contributed by atoms with van der Waals surface area (Å²) in [6, 6.07) is 16.7. The van der Waals surface area contributed by atoms with Gasteiger partial charge in [0, 0.05) is 42.2 Å². The van der Waals surface area contributed by atoms with Crippen LogP contribution in [0, 0.1) is 24.3 Å². The number of carbonyl (C=O) groups is 2. The number of anilines is 1. The average Bonchev–Trinajstić information content (AvgIpc) is 3.28. The minimum atomic E-state index is -0.502. The summed E-state index contributed by atoms with van der Waals surface area (Å²) in [7, 11) is 0. The molecule has 3 aromatic carbocycles.